The fourth-order valence-corrected chi connectivity index (χ4v) is 3.69. The topological polar surface area (TPSA) is 110 Å². The Labute approximate surface area is 174 Å². The van der Waals surface area contributed by atoms with Crippen LogP contribution in [0, 0.1) is 6.92 Å². The number of aromatic amines is 1. The average molecular weight is 430 g/mol. The molecule has 0 radical (unpaired) electrons. The van der Waals surface area contributed by atoms with Crippen molar-refractivity contribution < 1.29 is 4.79 Å². The number of H-pyrrole nitrogens is 1. The van der Waals surface area contributed by atoms with E-state index in [0.717, 1.165) is 15.9 Å². The number of hydrogen-bond donors (Lipinski definition) is 2. The monoisotopic (exact) mass is 429 g/mol. The van der Waals surface area contributed by atoms with Crippen molar-refractivity contribution in [3.63, 3.8) is 0 Å². The molecule has 3 aromatic heterocycles. The third kappa shape index (κ3) is 4.33. The minimum absolute atomic E-state index is 0.228. The van der Waals surface area contributed by atoms with Gasteiger partial charge in [0.1, 0.15) is 11.6 Å². The third-order valence-electron chi connectivity index (χ3n) is 4.02. The van der Waals surface area contributed by atoms with E-state index in [0.29, 0.717) is 27.3 Å². The number of nitrogens with zero attached hydrogens (tertiary/aromatic N) is 5. The molecule has 0 unspecified atom stereocenters. The van der Waals surface area contributed by atoms with Gasteiger partial charge in [-0.3, -0.25) is 9.89 Å². The highest BCUT2D eigenvalue weighted by Crippen LogP contribution is 2.24. The molecular formula is C18H16ClN7O2S. The number of carbonyl (C=O) groups excluding carboxylic acids is 1. The maximum Gasteiger partial charge on any atom is 0.350 e. The molecule has 0 saturated heterocycles. The van der Waals surface area contributed by atoms with Gasteiger partial charge in [0.15, 0.2) is 11.5 Å². The van der Waals surface area contributed by atoms with Crippen LogP contribution in [-0.2, 0) is 17.1 Å². The van der Waals surface area contributed by atoms with Crippen LogP contribution in [0.3, 0.4) is 0 Å². The van der Waals surface area contributed by atoms with Crippen LogP contribution in [0.1, 0.15) is 11.3 Å². The molecule has 148 valence electrons. The maximum atomic E-state index is 12.6. The molecule has 0 aliphatic rings. The summed E-state index contributed by atoms with van der Waals surface area (Å²) in [7, 11) is 0. The third-order valence-corrected chi connectivity index (χ3v) is 5.32. The van der Waals surface area contributed by atoms with Crippen molar-refractivity contribution >= 4 is 40.7 Å². The van der Waals surface area contributed by atoms with E-state index in [2.05, 4.69) is 25.6 Å². The molecule has 4 aromatic rings. The number of hydrogen-bond acceptors (Lipinski definition) is 6. The first-order valence-electron chi connectivity index (χ1n) is 8.63. The first kappa shape index (κ1) is 19.2. The molecule has 1 aromatic carbocycles. The van der Waals surface area contributed by atoms with Crippen molar-refractivity contribution in [3.05, 3.63) is 69.5 Å². The largest absolute Gasteiger partial charge is 0.350 e. The van der Waals surface area contributed by atoms with E-state index >= 15 is 0 Å². The van der Waals surface area contributed by atoms with Crippen molar-refractivity contribution in [1.29, 1.82) is 0 Å². The summed E-state index contributed by atoms with van der Waals surface area (Å²) >= 11 is 7.36. The van der Waals surface area contributed by atoms with Crippen molar-refractivity contribution in [2.75, 3.05) is 5.32 Å². The average Bonchev–Trinajstić information content (AvgIpc) is 3.25. The van der Waals surface area contributed by atoms with Gasteiger partial charge in [-0.15, -0.1) is 5.10 Å². The van der Waals surface area contributed by atoms with Gasteiger partial charge in [-0.05, 0) is 24.6 Å². The van der Waals surface area contributed by atoms with E-state index < -0.39 is 11.6 Å². The summed E-state index contributed by atoms with van der Waals surface area (Å²) in [6.07, 6.45) is 3.07. The van der Waals surface area contributed by atoms with Crippen molar-refractivity contribution in [1.82, 2.24) is 29.4 Å². The number of halogens is 1. The van der Waals surface area contributed by atoms with E-state index in [1.807, 2.05) is 31.2 Å². The Morgan fingerprint density at radius 3 is 2.83 bits per heavy atom. The van der Waals surface area contributed by atoms with E-state index in [1.165, 1.54) is 28.6 Å². The molecule has 0 aliphatic carbocycles. The number of rotatable bonds is 6. The van der Waals surface area contributed by atoms with Gasteiger partial charge in [0.25, 0.3) is 0 Å². The molecule has 0 bridgehead atoms. The minimum Gasteiger partial charge on any atom is -0.308 e. The Morgan fingerprint density at radius 2 is 2.10 bits per heavy atom. The number of thioether (sulfide) groups is 1. The Balaban J connectivity index is 1.53. The van der Waals surface area contributed by atoms with Crippen LogP contribution in [0.4, 0.5) is 5.82 Å². The van der Waals surface area contributed by atoms with Gasteiger partial charge in [-0.25, -0.2) is 18.9 Å². The molecule has 0 spiro atoms. The fraction of sp³-hybridized carbons (Fsp3) is 0.167. The summed E-state index contributed by atoms with van der Waals surface area (Å²) in [5.74, 6) is 0.639. The first-order chi connectivity index (χ1) is 14.0. The van der Waals surface area contributed by atoms with Crippen LogP contribution in [0.5, 0.6) is 0 Å². The Hall–Kier alpha value is -3.11. The van der Waals surface area contributed by atoms with Crippen LogP contribution in [0.15, 0.2) is 52.5 Å². The van der Waals surface area contributed by atoms with E-state index in [1.54, 1.807) is 6.07 Å². The van der Waals surface area contributed by atoms with Gasteiger partial charge in [0.2, 0.25) is 5.91 Å². The predicted molar refractivity (Wildman–Crippen MR) is 110 cm³/mol. The fourth-order valence-electron chi connectivity index (χ4n) is 2.66. The summed E-state index contributed by atoms with van der Waals surface area (Å²) in [6.45, 7) is 1.60. The molecule has 2 N–H and O–H groups in total. The molecule has 0 atom stereocenters. The van der Waals surface area contributed by atoms with Crippen LogP contribution < -0.4 is 11.0 Å². The quantitative estimate of drug-likeness (QED) is 0.456. The summed E-state index contributed by atoms with van der Waals surface area (Å²) in [6, 6.07) is 9.21. The maximum absolute atomic E-state index is 12.6. The normalized spacial score (nSPS) is 11.1. The van der Waals surface area contributed by atoms with Gasteiger partial charge >= 0.3 is 5.69 Å². The number of carbonyl (C=O) groups is 1. The van der Waals surface area contributed by atoms with Crippen LogP contribution in [0.25, 0.3) is 5.65 Å². The Morgan fingerprint density at radius 1 is 1.31 bits per heavy atom. The highest BCUT2D eigenvalue weighted by atomic mass is 35.5. The zero-order chi connectivity index (χ0) is 20.4. The van der Waals surface area contributed by atoms with Gasteiger partial charge in [0, 0.05) is 34.9 Å². The second-order valence-electron chi connectivity index (χ2n) is 6.27. The number of aromatic nitrogens is 6. The molecule has 4 rings (SSSR count). The van der Waals surface area contributed by atoms with Gasteiger partial charge in [-0.2, -0.15) is 5.10 Å². The molecule has 0 aliphatic heterocycles. The van der Waals surface area contributed by atoms with Gasteiger partial charge in [0.05, 0.1) is 0 Å². The standard InChI is InChI=1S/C18H16ClN7O2S/c1-11-8-14(23-22-11)21-15(27)9-26-18(28)25-7-6-20-17(16(25)24-26)29-10-12-2-4-13(19)5-3-12/h2-8H,9-10H2,1H3,(H2,21,22,23,27). The lowest BCUT2D eigenvalue weighted by Gasteiger charge is -2.02. The zero-order valence-electron chi connectivity index (χ0n) is 15.3. The van der Waals surface area contributed by atoms with E-state index in [-0.39, 0.29) is 6.54 Å². The molecule has 3 heterocycles. The van der Waals surface area contributed by atoms with Crippen LogP contribution >= 0.6 is 23.4 Å². The number of anilines is 1. The highest BCUT2D eigenvalue weighted by Gasteiger charge is 2.15. The van der Waals surface area contributed by atoms with Crippen molar-refractivity contribution in [3.8, 4) is 0 Å². The molecular weight excluding hydrogens is 414 g/mol. The molecule has 1 amide bonds. The number of amides is 1. The number of nitrogens with one attached hydrogen (secondary N) is 2. The van der Waals surface area contributed by atoms with Crippen molar-refractivity contribution in [2.45, 2.75) is 24.2 Å². The number of fused-ring (bicyclic) bond motifs is 1. The summed E-state index contributed by atoms with van der Waals surface area (Å²) in [5.41, 5.74) is 1.88. The second-order valence-corrected chi connectivity index (χ2v) is 7.67. The number of aryl methyl sites for hydroxylation is 1. The summed E-state index contributed by atoms with van der Waals surface area (Å²) in [4.78, 5) is 29.2. The predicted octanol–water partition coefficient (Wildman–Crippen LogP) is 2.51. The molecule has 0 saturated carbocycles. The molecule has 0 fully saturated rings. The lowest BCUT2D eigenvalue weighted by atomic mass is 10.2. The zero-order valence-corrected chi connectivity index (χ0v) is 16.9. The van der Waals surface area contributed by atoms with E-state index in [4.69, 9.17) is 11.6 Å². The van der Waals surface area contributed by atoms with Crippen LogP contribution in [0.2, 0.25) is 5.02 Å². The molecule has 11 heteroatoms. The SMILES string of the molecule is Cc1cc(NC(=O)Cn2nc3c(SCc4ccc(Cl)cc4)nccn3c2=O)n[nH]1. The number of benzene rings is 1. The second kappa shape index (κ2) is 8.10. The highest BCUT2D eigenvalue weighted by molar-refractivity contribution is 7.98. The van der Waals surface area contributed by atoms with E-state index in [9.17, 15) is 9.59 Å². The lowest BCUT2D eigenvalue weighted by Crippen LogP contribution is -2.28. The minimum atomic E-state index is -0.413. The van der Waals surface area contributed by atoms with Crippen LogP contribution in [-0.4, -0.2) is 35.3 Å². The van der Waals surface area contributed by atoms with Crippen molar-refractivity contribution in [2.24, 2.45) is 0 Å². The molecule has 9 nitrogen and oxygen atoms in total. The van der Waals surface area contributed by atoms with Gasteiger partial charge < -0.3 is 5.32 Å². The summed E-state index contributed by atoms with van der Waals surface area (Å²) < 4.78 is 2.49. The molecule has 29 heavy (non-hydrogen) atoms. The van der Waals surface area contributed by atoms with Gasteiger partial charge in [-0.1, -0.05) is 35.5 Å². The Bertz CT molecular complexity index is 1230. The smallest absolute Gasteiger partial charge is 0.308 e. The first-order valence-corrected chi connectivity index (χ1v) is 9.99. The Kier molecular flexibility index (Phi) is 5.36. The lowest BCUT2D eigenvalue weighted by molar-refractivity contribution is -0.117. The summed E-state index contributed by atoms with van der Waals surface area (Å²) in [5, 5.41) is 14.9.